The topological polar surface area (TPSA) is 11.4 Å². The minimum atomic E-state index is -0.0910. The average Bonchev–Trinajstić information content (AvgIpc) is 3.80. The maximum absolute atomic E-state index is 2.98. The summed E-state index contributed by atoms with van der Waals surface area (Å²) < 4.78 is 2.75. The van der Waals surface area contributed by atoms with E-state index in [-0.39, 0.29) is 39.5 Å². The smallest absolute Gasteiger partial charge is 0.252 e. The predicted molar refractivity (Wildman–Crippen MR) is 283 cm³/mol. The summed E-state index contributed by atoms with van der Waals surface area (Å²) in [6.45, 7) is 29.9. The molecular weight excluding hydrogens is 798 g/mol. The number of hydrogen-bond acceptors (Lipinski definition) is 2. The Bertz CT molecular complexity index is 3290. The van der Waals surface area contributed by atoms with E-state index in [4.69, 9.17) is 0 Å². The van der Waals surface area contributed by atoms with Crippen LogP contribution >= 0.6 is 0 Å². The van der Waals surface area contributed by atoms with Crippen LogP contribution in [0.25, 0.3) is 38.6 Å². The fourth-order valence-corrected chi connectivity index (χ4v) is 15.5. The summed E-state index contributed by atoms with van der Waals surface area (Å²) >= 11 is 0. The zero-order valence-corrected chi connectivity index (χ0v) is 41.8. The van der Waals surface area contributed by atoms with Gasteiger partial charge in [0.2, 0.25) is 0 Å². The molecule has 3 nitrogen and oxygen atoms in total. The highest BCUT2D eigenvalue weighted by Crippen LogP contribution is 2.65. The van der Waals surface area contributed by atoms with Crippen molar-refractivity contribution in [1.82, 2.24) is 4.57 Å². The molecule has 0 saturated heterocycles. The molecule has 2 aliphatic carbocycles. The molecule has 4 heteroatoms. The van der Waals surface area contributed by atoms with Gasteiger partial charge in [0, 0.05) is 55.6 Å². The summed E-state index contributed by atoms with van der Waals surface area (Å²) in [4.78, 5) is 5.85. The Hall–Kier alpha value is -5.22. The second-order valence-electron chi connectivity index (χ2n) is 24.9. The van der Waals surface area contributed by atoms with Crippen LogP contribution in [0, 0.1) is 13.8 Å². The number of aromatic nitrogens is 1. The van der Waals surface area contributed by atoms with Gasteiger partial charge in [-0.2, -0.15) is 0 Å². The fraction of sp³-hybridized carbons (Fsp3) is 0.419. The molecule has 334 valence electrons. The van der Waals surface area contributed by atoms with Crippen LogP contribution in [0.1, 0.15) is 154 Å². The summed E-state index contributed by atoms with van der Waals surface area (Å²) in [6, 6.07) is 39.2. The average molecular weight is 866 g/mol. The Morgan fingerprint density at radius 1 is 0.530 bits per heavy atom. The van der Waals surface area contributed by atoms with Gasteiger partial charge in [0.25, 0.3) is 6.71 Å². The molecule has 0 bridgehead atoms. The predicted octanol–water partition coefficient (Wildman–Crippen LogP) is 14.3. The SMILES string of the molecule is Cc1cc(C)c2c3c1B1c4c(cc(N5c6ccc(-c7ccccc7)cc6C6(C)CCCCC56C)cc4-n4c5ccc(C(C)(C)C)cc5c5cc(C(C)(C)C)cc1c54)N3C1(C)CCCCC21C. The monoisotopic (exact) mass is 866 g/mol. The Labute approximate surface area is 394 Å². The van der Waals surface area contributed by atoms with Gasteiger partial charge in [-0.1, -0.05) is 141 Å². The van der Waals surface area contributed by atoms with Gasteiger partial charge in [0.05, 0.1) is 16.6 Å². The maximum atomic E-state index is 2.98. The molecule has 0 amide bonds. The van der Waals surface area contributed by atoms with Gasteiger partial charge in [-0.3, -0.25) is 0 Å². The van der Waals surface area contributed by atoms with Crippen LogP contribution in [-0.2, 0) is 21.7 Å². The zero-order valence-electron chi connectivity index (χ0n) is 41.8. The Morgan fingerprint density at radius 2 is 1.18 bits per heavy atom. The lowest BCUT2D eigenvalue weighted by Crippen LogP contribution is -2.64. The van der Waals surface area contributed by atoms with Crippen molar-refractivity contribution in [2.75, 3.05) is 9.80 Å². The van der Waals surface area contributed by atoms with Crippen molar-refractivity contribution in [2.24, 2.45) is 0 Å². The number of nitrogens with zero attached hydrogens (tertiary/aromatic N) is 3. The molecule has 4 atom stereocenters. The van der Waals surface area contributed by atoms with Gasteiger partial charge >= 0.3 is 0 Å². The maximum Gasteiger partial charge on any atom is 0.252 e. The van der Waals surface area contributed by atoms with Crippen LogP contribution in [0.3, 0.4) is 0 Å². The molecule has 4 aliphatic heterocycles. The van der Waals surface area contributed by atoms with E-state index in [2.05, 4.69) is 195 Å². The number of aryl methyl sites for hydroxylation is 2. The number of hydrogen-bond donors (Lipinski definition) is 0. The van der Waals surface area contributed by atoms with Crippen LogP contribution in [0.15, 0.2) is 97.1 Å². The van der Waals surface area contributed by atoms with E-state index >= 15 is 0 Å². The van der Waals surface area contributed by atoms with E-state index in [0.29, 0.717) is 0 Å². The zero-order chi connectivity index (χ0) is 45.8. The first-order valence-electron chi connectivity index (χ1n) is 25.6. The van der Waals surface area contributed by atoms with Crippen molar-refractivity contribution < 1.29 is 0 Å². The molecule has 13 rings (SSSR count). The van der Waals surface area contributed by atoms with E-state index in [1.165, 1.54) is 151 Å². The number of anilines is 4. The highest BCUT2D eigenvalue weighted by atomic mass is 15.3. The third-order valence-electron chi connectivity index (χ3n) is 19.4. The van der Waals surface area contributed by atoms with E-state index in [1.807, 2.05) is 0 Å². The lowest BCUT2D eigenvalue weighted by Gasteiger charge is -2.53. The van der Waals surface area contributed by atoms with E-state index in [1.54, 1.807) is 11.0 Å². The molecule has 2 fully saturated rings. The second-order valence-corrected chi connectivity index (χ2v) is 24.9. The molecular formula is C62H68BN3. The molecule has 0 N–H and O–H groups in total. The quantitative estimate of drug-likeness (QED) is 0.160. The van der Waals surface area contributed by atoms with E-state index < -0.39 is 0 Å². The number of benzene rings is 6. The van der Waals surface area contributed by atoms with Crippen molar-refractivity contribution in [2.45, 2.75) is 167 Å². The van der Waals surface area contributed by atoms with Crippen molar-refractivity contribution in [3.8, 4) is 16.8 Å². The summed E-state index contributed by atoms with van der Waals surface area (Å²) in [5.74, 6) is 0. The summed E-state index contributed by atoms with van der Waals surface area (Å²) in [7, 11) is 0. The van der Waals surface area contributed by atoms with Crippen LogP contribution < -0.4 is 26.2 Å². The van der Waals surface area contributed by atoms with E-state index in [0.717, 1.165) is 0 Å². The molecule has 5 heterocycles. The van der Waals surface area contributed by atoms with Gasteiger partial charge in [0.1, 0.15) is 0 Å². The first-order chi connectivity index (χ1) is 31.3. The minimum Gasteiger partial charge on any atom is -0.335 e. The third-order valence-corrected chi connectivity index (χ3v) is 19.4. The van der Waals surface area contributed by atoms with Crippen molar-refractivity contribution >= 4 is 67.7 Å². The normalized spacial score (nSPS) is 25.8. The molecule has 6 aromatic carbocycles. The lowest BCUT2D eigenvalue weighted by molar-refractivity contribution is 0.193. The molecule has 6 aliphatic rings. The van der Waals surface area contributed by atoms with Crippen molar-refractivity contribution in [1.29, 1.82) is 0 Å². The van der Waals surface area contributed by atoms with Crippen LogP contribution in [0.5, 0.6) is 0 Å². The molecule has 2 saturated carbocycles. The largest absolute Gasteiger partial charge is 0.335 e. The van der Waals surface area contributed by atoms with Crippen molar-refractivity contribution in [3.63, 3.8) is 0 Å². The summed E-state index contributed by atoms with van der Waals surface area (Å²) in [5, 5.41) is 2.78. The molecule has 7 aromatic rings. The molecule has 66 heavy (non-hydrogen) atoms. The molecule has 0 spiro atoms. The lowest BCUT2D eigenvalue weighted by atomic mass is 9.33. The molecule has 1 aromatic heterocycles. The van der Waals surface area contributed by atoms with Gasteiger partial charge in [-0.25, -0.2) is 0 Å². The van der Waals surface area contributed by atoms with Crippen LogP contribution in [0.2, 0.25) is 0 Å². The molecule has 0 radical (unpaired) electrons. The Morgan fingerprint density at radius 3 is 1.89 bits per heavy atom. The summed E-state index contributed by atoms with van der Waals surface area (Å²) in [5.41, 5.74) is 25.8. The van der Waals surface area contributed by atoms with Gasteiger partial charge in [-0.15, -0.1) is 0 Å². The van der Waals surface area contributed by atoms with Crippen molar-refractivity contribution in [3.05, 3.63) is 130 Å². The van der Waals surface area contributed by atoms with Gasteiger partial charge in [-0.05, 0) is 162 Å². The van der Waals surface area contributed by atoms with Gasteiger partial charge in [0.15, 0.2) is 0 Å². The standard InChI is InChI=1S/C62H68BN3/c1-37-30-38(2)53-56-52(37)60(10)27-17-19-29-62(60,12)66(56)51-36-43(65-49-24-22-40(39-20-14-13-15-21-39)31-46(49)59(9)26-16-18-28-61(59,65)11)35-50-54(51)63(53)47-34-42(58(6,7)8)33-45-44-32-41(57(3,4)5)23-25-48(44)64(50)55(45)47/h13-15,20-25,30-36H,16-19,26-29H2,1-12H3. The summed E-state index contributed by atoms with van der Waals surface area (Å²) in [6.07, 6.45) is 9.88. The third kappa shape index (κ3) is 4.87. The first kappa shape index (κ1) is 41.0. The van der Waals surface area contributed by atoms with E-state index in [9.17, 15) is 0 Å². The Balaban J connectivity index is 1.19. The van der Waals surface area contributed by atoms with Crippen LogP contribution in [-0.4, -0.2) is 22.4 Å². The first-order valence-corrected chi connectivity index (χ1v) is 25.6. The second kappa shape index (κ2) is 12.9. The number of rotatable bonds is 2. The minimum absolute atomic E-state index is 0.00330. The van der Waals surface area contributed by atoms with Crippen LogP contribution in [0.4, 0.5) is 22.7 Å². The highest BCUT2D eigenvalue weighted by molar-refractivity contribution is 7.00. The molecule has 4 unspecified atom stereocenters. The Kier molecular flexibility index (Phi) is 7.99. The fourth-order valence-electron chi connectivity index (χ4n) is 15.5. The number of fused-ring (bicyclic) bond motifs is 13. The van der Waals surface area contributed by atoms with Gasteiger partial charge < -0.3 is 14.4 Å². The highest BCUT2D eigenvalue weighted by Gasteiger charge is 2.63.